The van der Waals surface area contributed by atoms with Crippen molar-refractivity contribution in [2.24, 2.45) is 0 Å². The zero-order valence-electron chi connectivity index (χ0n) is 13.2. The lowest BCUT2D eigenvalue weighted by atomic mass is 10.2. The summed E-state index contributed by atoms with van der Waals surface area (Å²) in [6.45, 7) is -0.458. The van der Waals surface area contributed by atoms with Crippen LogP contribution in [0, 0.1) is 0 Å². The number of benzene rings is 1. The Morgan fingerprint density at radius 2 is 2.04 bits per heavy atom. The van der Waals surface area contributed by atoms with Crippen molar-refractivity contribution < 1.29 is 22.7 Å². The fourth-order valence-corrected chi connectivity index (χ4v) is 4.16. The van der Waals surface area contributed by atoms with Gasteiger partial charge in [-0.2, -0.15) is 5.10 Å². The molecule has 0 unspecified atom stereocenters. The summed E-state index contributed by atoms with van der Waals surface area (Å²) in [4.78, 5) is 27.5. The van der Waals surface area contributed by atoms with Gasteiger partial charge in [0.05, 0.1) is 22.8 Å². The first-order chi connectivity index (χ1) is 11.9. The maximum Gasteiger partial charge on any atom is 0.338 e. The summed E-state index contributed by atoms with van der Waals surface area (Å²) < 4.78 is 29.2. The third kappa shape index (κ3) is 4.41. The molecular formula is C15H16N4O5S. The molecule has 1 aliphatic rings. The summed E-state index contributed by atoms with van der Waals surface area (Å²) >= 11 is 0. The highest BCUT2D eigenvalue weighted by molar-refractivity contribution is 7.91. The predicted molar refractivity (Wildman–Crippen MR) is 86.8 cm³/mol. The Balaban J connectivity index is 1.50. The van der Waals surface area contributed by atoms with Crippen LogP contribution in [0.1, 0.15) is 16.8 Å². The van der Waals surface area contributed by atoms with Crippen LogP contribution in [-0.4, -0.2) is 59.2 Å². The van der Waals surface area contributed by atoms with Gasteiger partial charge in [-0.15, -0.1) is 0 Å². The Bertz CT molecular complexity index is 862. The average molecular weight is 364 g/mol. The lowest BCUT2D eigenvalue weighted by Crippen LogP contribution is -2.38. The highest BCUT2D eigenvalue weighted by atomic mass is 32.2. The van der Waals surface area contributed by atoms with Crippen molar-refractivity contribution in [3.8, 4) is 5.69 Å². The summed E-state index contributed by atoms with van der Waals surface area (Å²) in [5.41, 5.74) is 1.02. The number of sulfone groups is 1. The lowest BCUT2D eigenvalue weighted by molar-refractivity contribution is -0.124. The Morgan fingerprint density at radius 1 is 1.28 bits per heavy atom. The predicted octanol–water partition coefficient (Wildman–Crippen LogP) is -0.273. The number of carbonyl (C=O) groups is 2. The molecule has 1 atom stereocenters. The molecule has 10 heteroatoms. The molecule has 1 fully saturated rings. The fraction of sp³-hybridized carbons (Fsp3) is 0.333. The molecule has 1 N–H and O–H groups in total. The molecule has 1 amide bonds. The average Bonchev–Trinajstić information content (AvgIpc) is 3.22. The Morgan fingerprint density at radius 3 is 2.64 bits per heavy atom. The molecule has 9 nitrogen and oxygen atoms in total. The largest absolute Gasteiger partial charge is 0.452 e. The first-order valence-corrected chi connectivity index (χ1v) is 9.37. The quantitative estimate of drug-likeness (QED) is 0.725. The van der Waals surface area contributed by atoms with Crippen LogP contribution in [0.3, 0.4) is 0 Å². The zero-order valence-corrected chi connectivity index (χ0v) is 14.0. The maximum atomic E-state index is 12.0. The monoisotopic (exact) mass is 364 g/mol. The maximum absolute atomic E-state index is 12.0. The number of amides is 1. The van der Waals surface area contributed by atoms with E-state index in [1.807, 2.05) is 0 Å². The molecule has 0 saturated carbocycles. The van der Waals surface area contributed by atoms with Crippen molar-refractivity contribution in [1.82, 2.24) is 20.1 Å². The number of aromatic nitrogens is 3. The summed E-state index contributed by atoms with van der Waals surface area (Å²) in [6.07, 6.45) is 3.31. The van der Waals surface area contributed by atoms with Crippen LogP contribution < -0.4 is 5.32 Å². The normalized spacial score (nSPS) is 18.6. The second kappa shape index (κ2) is 7.01. The van der Waals surface area contributed by atoms with E-state index in [4.69, 9.17) is 4.74 Å². The summed E-state index contributed by atoms with van der Waals surface area (Å²) in [6, 6.07) is 6.04. The minimum Gasteiger partial charge on any atom is -0.452 e. The number of hydrogen-bond donors (Lipinski definition) is 1. The van der Waals surface area contributed by atoms with E-state index >= 15 is 0 Å². The third-order valence-electron chi connectivity index (χ3n) is 3.72. The zero-order chi connectivity index (χ0) is 17.9. The third-order valence-corrected chi connectivity index (χ3v) is 5.49. The first-order valence-electron chi connectivity index (χ1n) is 7.55. The lowest BCUT2D eigenvalue weighted by Gasteiger charge is -2.11. The number of nitrogens with one attached hydrogen (secondary N) is 1. The standard InChI is InChI=1S/C15H16N4O5S/c20-14(18-12-5-6-25(22,23)8-12)7-24-15(21)11-1-3-13(4-2-11)19-10-16-9-17-19/h1-4,9-10,12H,5-8H2,(H,18,20)/t12-/m1/s1. The van der Waals surface area contributed by atoms with E-state index in [9.17, 15) is 18.0 Å². The van der Waals surface area contributed by atoms with E-state index in [1.54, 1.807) is 24.3 Å². The number of ether oxygens (including phenoxy) is 1. The van der Waals surface area contributed by atoms with Crippen LogP contribution in [0.15, 0.2) is 36.9 Å². The summed E-state index contributed by atoms with van der Waals surface area (Å²) in [7, 11) is -3.07. The smallest absolute Gasteiger partial charge is 0.338 e. The fourth-order valence-electron chi connectivity index (χ4n) is 2.48. The summed E-state index contributed by atoms with van der Waals surface area (Å²) in [5.74, 6) is -1.17. The van der Waals surface area contributed by atoms with Gasteiger partial charge in [-0.05, 0) is 30.7 Å². The molecule has 2 aromatic rings. The van der Waals surface area contributed by atoms with Crippen molar-refractivity contribution in [2.45, 2.75) is 12.5 Å². The number of carbonyl (C=O) groups excluding carboxylic acids is 2. The van der Waals surface area contributed by atoms with Crippen LogP contribution in [0.25, 0.3) is 5.69 Å². The number of esters is 1. The van der Waals surface area contributed by atoms with Crippen molar-refractivity contribution in [3.63, 3.8) is 0 Å². The molecular weight excluding hydrogens is 348 g/mol. The van der Waals surface area contributed by atoms with Crippen LogP contribution in [0.4, 0.5) is 0 Å². The molecule has 0 bridgehead atoms. The molecule has 132 valence electrons. The van der Waals surface area contributed by atoms with E-state index in [0.29, 0.717) is 12.0 Å². The van der Waals surface area contributed by atoms with Crippen molar-refractivity contribution in [1.29, 1.82) is 0 Å². The van der Waals surface area contributed by atoms with Gasteiger partial charge in [0.1, 0.15) is 12.7 Å². The molecule has 0 spiro atoms. The summed E-state index contributed by atoms with van der Waals surface area (Å²) in [5, 5.41) is 6.53. The van der Waals surface area contributed by atoms with E-state index < -0.39 is 34.4 Å². The molecule has 0 radical (unpaired) electrons. The van der Waals surface area contributed by atoms with Gasteiger partial charge in [0.15, 0.2) is 16.4 Å². The van der Waals surface area contributed by atoms with Crippen molar-refractivity contribution >= 4 is 21.7 Å². The molecule has 3 rings (SSSR count). The van der Waals surface area contributed by atoms with Crippen LogP contribution >= 0.6 is 0 Å². The first kappa shape index (κ1) is 17.1. The van der Waals surface area contributed by atoms with Gasteiger partial charge < -0.3 is 10.1 Å². The SMILES string of the molecule is O=C(COC(=O)c1ccc(-n2cncn2)cc1)N[C@@H]1CCS(=O)(=O)C1. The van der Waals surface area contributed by atoms with Gasteiger partial charge in [0, 0.05) is 6.04 Å². The van der Waals surface area contributed by atoms with Gasteiger partial charge >= 0.3 is 5.97 Å². The minimum absolute atomic E-state index is 0.0653. The van der Waals surface area contributed by atoms with E-state index in [-0.39, 0.29) is 11.5 Å². The Hall–Kier alpha value is -2.75. The second-order valence-corrected chi connectivity index (χ2v) is 7.86. The van der Waals surface area contributed by atoms with Crippen LogP contribution in [-0.2, 0) is 19.4 Å². The number of nitrogens with zero attached hydrogens (tertiary/aromatic N) is 3. The van der Waals surface area contributed by atoms with E-state index in [0.717, 1.165) is 5.69 Å². The molecule has 0 aliphatic carbocycles. The van der Waals surface area contributed by atoms with Gasteiger partial charge in [-0.3, -0.25) is 4.79 Å². The van der Waals surface area contributed by atoms with Crippen LogP contribution in [0.2, 0.25) is 0 Å². The van der Waals surface area contributed by atoms with Crippen molar-refractivity contribution in [2.75, 3.05) is 18.1 Å². The topological polar surface area (TPSA) is 120 Å². The molecule has 2 heterocycles. The minimum atomic E-state index is -3.07. The highest BCUT2D eigenvalue weighted by Gasteiger charge is 2.29. The van der Waals surface area contributed by atoms with E-state index in [1.165, 1.54) is 17.3 Å². The second-order valence-electron chi connectivity index (χ2n) is 5.63. The number of rotatable bonds is 5. The van der Waals surface area contributed by atoms with Crippen LogP contribution in [0.5, 0.6) is 0 Å². The Kier molecular flexibility index (Phi) is 4.79. The molecule has 1 aliphatic heterocycles. The Labute approximate surface area is 143 Å². The van der Waals surface area contributed by atoms with Gasteiger partial charge in [0.2, 0.25) is 0 Å². The number of hydrogen-bond acceptors (Lipinski definition) is 7. The van der Waals surface area contributed by atoms with Crippen molar-refractivity contribution in [3.05, 3.63) is 42.5 Å². The molecule has 1 saturated heterocycles. The van der Waals surface area contributed by atoms with Gasteiger partial charge in [-0.1, -0.05) is 0 Å². The molecule has 1 aromatic heterocycles. The molecule has 25 heavy (non-hydrogen) atoms. The van der Waals surface area contributed by atoms with Gasteiger partial charge in [-0.25, -0.2) is 22.9 Å². The van der Waals surface area contributed by atoms with E-state index in [2.05, 4.69) is 15.4 Å². The highest BCUT2D eigenvalue weighted by Crippen LogP contribution is 2.11. The van der Waals surface area contributed by atoms with Gasteiger partial charge in [0.25, 0.3) is 5.91 Å². The molecule has 1 aromatic carbocycles.